The summed E-state index contributed by atoms with van der Waals surface area (Å²) >= 11 is 1.96. The fourth-order valence-corrected chi connectivity index (χ4v) is 2.33. The van der Waals surface area contributed by atoms with Gasteiger partial charge in [0.2, 0.25) is 0 Å². The maximum Gasteiger partial charge on any atom is 0.0105 e. The quantitative estimate of drug-likeness (QED) is 0.631. The van der Waals surface area contributed by atoms with Gasteiger partial charge in [0.25, 0.3) is 0 Å². The third-order valence-corrected chi connectivity index (χ3v) is 3.19. The maximum atomic E-state index is 2.33. The molecule has 0 N–H and O–H groups in total. The Morgan fingerprint density at radius 2 is 1.92 bits per heavy atom. The molecule has 1 heterocycles. The van der Waals surface area contributed by atoms with Crippen molar-refractivity contribution in [2.75, 3.05) is 5.75 Å². The zero-order chi connectivity index (χ0) is 8.39. The van der Waals surface area contributed by atoms with Gasteiger partial charge in [0.15, 0.2) is 0 Å². The minimum atomic E-state index is 1.23. The molecule has 1 heteroatoms. The van der Waals surface area contributed by atoms with Crippen LogP contribution in [0.5, 0.6) is 0 Å². The minimum Gasteiger partial charge on any atom is -0.126 e. The lowest BCUT2D eigenvalue weighted by molar-refractivity contribution is 1.28. The molecular weight excluding hydrogens is 164 g/mol. The van der Waals surface area contributed by atoms with Gasteiger partial charge in [-0.05, 0) is 18.9 Å². The lowest BCUT2D eigenvalue weighted by Gasteiger charge is -2.00. The summed E-state index contributed by atoms with van der Waals surface area (Å²) in [6.07, 6.45) is 3.56. The van der Waals surface area contributed by atoms with E-state index in [0.29, 0.717) is 0 Å². The smallest absolute Gasteiger partial charge is 0.0105 e. The fourth-order valence-electron chi connectivity index (χ4n) is 1.34. The SMILES string of the molecule is Cc1ccc(C2=CCCS2)cc1. The topological polar surface area (TPSA) is 0 Å². The van der Waals surface area contributed by atoms with Gasteiger partial charge >= 0.3 is 0 Å². The van der Waals surface area contributed by atoms with Crippen LogP contribution in [0, 0.1) is 6.92 Å². The van der Waals surface area contributed by atoms with Gasteiger partial charge < -0.3 is 0 Å². The molecule has 0 amide bonds. The van der Waals surface area contributed by atoms with Crippen molar-refractivity contribution in [2.45, 2.75) is 13.3 Å². The van der Waals surface area contributed by atoms with Crippen molar-refractivity contribution in [1.82, 2.24) is 0 Å². The van der Waals surface area contributed by atoms with Gasteiger partial charge in [-0.15, -0.1) is 11.8 Å². The molecule has 1 aromatic rings. The highest BCUT2D eigenvalue weighted by Gasteiger charge is 2.06. The van der Waals surface area contributed by atoms with Gasteiger partial charge in [-0.25, -0.2) is 0 Å². The number of thioether (sulfide) groups is 1. The van der Waals surface area contributed by atoms with Gasteiger partial charge in [-0.1, -0.05) is 35.9 Å². The van der Waals surface area contributed by atoms with Crippen LogP contribution in [-0.2, 0) is 0 Å². The van der Waals surface area contributed by atoms with Crippen molar-refractivity contribution in [3.63, 3.8) is 0 Å². The molecule has 0 aromatic heterocycles. The summed E-state index contributed by atoms with van der Waals surface area (Å²) < 4.78 is 0. The predicted octanol–water partition coefficient (Wildman–Crippen LogP) is 3.47. The second-order valence-corrected chi connectivity index (χ2v) is 4.21. The highest BCUT2D eigenvalue weighted by molar-refractivity contribution is 8.08. The Morgan fingerprint density at radius 1 is 1.17 bits per heavy atom. The van der Waals surface area contributed by atoms with Crippen LogP contribution >= 0.6 is 11.8 Å². The molecule has 0 unspecified atom stereocenters. The predicted molar refractivity (Wildman–Crippen MR) is 56.2 cm³/mol. The summed E-state index contributed by atoms with van der Waals surface area (Å²) in [5.74, 6) is 1.25. The lowest BCUT2D eigenvalue weighted by atomic mass is 10.1. The Labute approximate surface area is 77.7 Å². The summed E-state index contributed by atoms with van der Waals surface area (Å²) in [5.41, 5.74) is 2.71. The van der Waals surface area contributed by atoms with Crippen molar-refractivity contribution < 1.29 is 0 Å². The molecule has 12 heavy (non-hydrogen) atoms. The molecule has 62 valence electrons. The van der Waals surface area contributed by atoms with Crippen LogP contribution in [0.2, 0.25) is 0 Å². The van der Waals surface area contributed by atoms with Crippen molar-refractivity contribution in [3.8, 4) is 0 Å². The van der Waals surface area contributed by atoms with E-state index >= 15 is 0 Å². The number of allylic oxidation sites excluding steroid dienone is 1. The van der Waals surface area contributed by atoms with Crippen LogP contribution in [-0.4, -0.2) is 5.75 Å². The third kappa shape index (κ3) is 1.56. The highest BCUT2D eigenvalue weighted by Crippen LogP contribution is 2.33. The summed E-state index contributed by atoms with van der Waals surface area (Å²) in [4.78, 5) is 1.45. The fraction of sp³-hybridized carbons (Fsp3) is 0.273. The van der Waals surface area contributed by atoms with Crippen LogP contribution in [0.25, 0.3) is 4.91 Å². The van der Waals surface area contributed by atoms with Crippen molar-refractivity contribution in [2.24, 2.45) is 0 Å². The second-order valence-electron chi connectivity index (χ2n) is 3.07. The summed E-state index contributed by atoms with van der Waals surface area (Å²) in [6.45, 7) is 2.12. The van der Waals surface area contributed by atoms with Crippen molar-refractivity contribution in [1.29, 1.82) is 0 Å². The Morgan fingerprint density at radius 3 is 2.50 bits per heavy atom. The summed E-state index contributed by atoms with van der Waals surface area (Å²) in [6, 6.07) is 8.77. The standard InChI is InChI=1S/C11H12S/c1-9-4-6-10(7-5-9)11-3-2-8-12-11/h3-7H,2,8H2,1H3. The van der Waals surface area contributed by atoms with Crippen LogP contribution < -0.4 is 0 Å². The molecule has 0 saturated heterocycles. The molecule has 0 fully saturated rings. The van der Waals surface area contributed by atoms with Gasteiger partial charge in [-0.2, -0.15) is 0 Å². The van der Waals surface area contributed by atoms with E-state index in [1.807, 2.05) is 11.8 Å². The van der Waals surface area contributed by atoms with E-state index in [9.17, 15) is 0 Å². The van der Waals surface area contributed by atoms with Crippen molar-refractivity contribution >= 4 is 16.7 Å². The van der Waals surface area contributed by atoms with Crippen LogP contribution in [0.3, 0.4) is 0 Å². The molecule has 0 radical (unpaired) electrons. The number of hydrogen-bond donors (Lipinski definition) is 0. The molecule has 0 atom stereocenters. The first-order valence-corrected chi connectivity index (χ1v) is 5.25. The van der Waals surface area contributed by atoms with Crippen molar-refractivity contribution in [3.05, 3.63) is 41.5 Å². The van der Waals surface area contributed by atoms with E-state index in [-0.39, 0.29) is 0 Å². The van der Waals surface area contributed by atoms with E-state index in [1.165, 1.54) is 28.2 Å². The largest absolute Gasteiger partial charge is 0.126 e. The Hall–Kier alpha value is -0.690. The molecule has 1 aromatic carbocycles. The van der Waals surface area contributed by atoms with Crippen LogP contribution in [0.4, 0.5) is 0 Å². The van der Waals surface area contributed by atoms with E-state index in [4.69, 9.17) is 0 Å². The van der Waals surface area contributed by atoms with Gasteiger partial charge in [0, 0.05) is 10.7 Å². The zero-order valence-electron chi connectivity index (χ0n) is 7.21. The molecular formula is C11H12S. The zero-order valence-corrected chi connectivity index (χ0v) is 8.03. The molecule has 0 nitrogen and oxygen atoms in total. The van der Waals surface area contributed by atoms with E-state index < -0.39 is 0 Å². The van der Waals surface area contributed by atoms with E-state index in [1.54, 1.807) is 0 Å². The minimum absolute atomic E-state index is 1.23. The van der Waals surface area contributed by atoms with E-state index in [2.05, 4.69) is 37.3 Å². The summed E-state index contributed by atoms with van der Waals surface area (Å²) in [7, 11) is 0. The number of rotatable bonds is 1. The average molecular weight is 176 g/mol. The van der Waals surface area contributed by atoms with Gasteiger partial charge in [0.1, 0.15) is 0 Å². The Balaban J connectivity index is 2.28. The first kappa shape index (κ1) is 7.93. The average Bonchev–Trinajstić information content (AvgIpc) is 2.58. The number of aryl methyl sites for hydroxylation is 1. The molecule has 1 aliphatic rings. The molecule has 0 saturated carbocycles. The van der Waals surface area contributed by atoms with Crippen LogP contribution in [0.1, 0.15) is 17.5 Å². The van der Waals surface area contributed by atoms with Gasteiger partial charge in [0.05, 0.1) is 0 Å². The molecule has 1 aliphatic heterocycles. The first-order valence-electron chi connectivity index (χ1n) is 4.26. The molecule has 0 aliphatic carbocycles. The summed E-state index contributed by atoms with van der Waals surface area (Å²) in [5, 5.41) is 0. The van der Waals surface area contributed by atoms with Crippen LogP contribution in [0.15, 0.2) is 30.3 Å². The third-order valence-electron chi connectivity index (χ3n) is 2.04. The number of hydrogen-bond acceptors (Lipinski definition) is 1. The highest BCUT2D eigenvalue weighted by atomic mass is 32.2. The molecule has 0 spiro atoms. The Bertz CT molecular complexity index is 295. The molecule has 0 bridgehead atoms. The normalized spacial score (nSPS) is 16.2. The number of benzene rings is 1. The lowest BCUT2D eigenvalue weighted by Crippen LogP contribution is -1.77. The monoisotopic (exact) mass is 176 g/mol. The molecule has 2 rings (SSSR count). The Kier molecular flexibility index (Phi) is 2.22. The maximum absolute atomic E-state index is 2.33. The van der Waals surface area contributed by atoms with Gasteiger partial charge in [-0.3, -0.25) is 0 Å². The first-order chi connectivity index (χ1) is 5.86. The van der Waals surface area contributed by atoms with E-state index in [0.717, 1.165) is 0 Å². The second kappa shape index (κ2) is 3.36.